The number of hydrogen-bond donors (Lipinski definition) is 3. The molecule has 0 aliphatic rings. The van der Waals surface area contributed by atoms with Crippen LogP contribution in [0.5, 0.6) is 0 Å². The minimum absolute atomic E-state index is 0.244. The number of anilines is 1. The van der Waals surface area contributed by atoms with Crippen molar-refractivity contribution in [2.75, 3.05) is 11.2 Å². The average Bonchev–Trinajstić information content (AvgIpc) is 2.45. The minimum atomic E-state index is -4.61. The van der Waals surface area contributed by atoms with Crippen LogP contribution in [0.3, 0.4) is 0 Å². The van der Waals surface area contributed by atoms with E-state index in [1.807, 2.05) is 0 Å². The molecule has 2 rings (SSSR count). The Labute approximate surface area is 121 Å². The normalized spacial score (nSPS) is 14.6. The lowest BCUT2D eigenvalue weighted by molar-refractivity contribution is 0.499. The van der Waals surface area contributed by atoms with Crippen LogP contribution in [0, 0.1) is 0 Å². The van der Waals surface area contributed by atoms with Gasteiger partial charge >= 0.3 is 6.57 Å². The van der Waals surface area contributed by atoms with E-state index in [1.165, 1.54) is 6.07 Å². The van der Waals surface area contributed by atoms with Crippen LogP contribution in [0.25, 0.3) is 10.9 Å². The largest absolute Gasteiger partial charge is 0.341 e. The number of fused-ring (bicyclic) bond motifs is 1. The number of nitrogen functional groups attached to an aromatic ring is 1. The van der Waals surface area contributed by atoms with Crippen molar-refractivity contribution < 1.29 is 17.9 Å². The van der Waals surface area contributed by atoms with Crippen molar-refractivity contribution in [1.82, 2.24) is 4.98 Å². The standard InChI is InChI=1S/C12H14N3O4PS/c1-2-5-21(18,19)20(16,17)11-7-9-6-10(15-13)3-4-12(9)14-8-11/h2-4,6-8,15H,1,5,13H2,(H,16,17). The van der Waals surface area contributed by atoms with Crippen LogP contribution in [0.2, 0.25) is 0 Å². The van der Waals surface area contributed by atoms with Crippen molar-refractivity contribution in [2.45, 2.75) is 0 Å². The Morgan fingerprint density at radius 3 is 2.76 bits per heavy atom. The molecule has 9 heteroatoms. The monoisotopic (exact) mass is 327 g/mol. The Kier molecular flexibility index (Phi) is 4.15. The van der Waals surface area contributed by atoms with E-state index in [9.17, 15) is 17.9 Å². The van der Waals surface area contributed by atoms with Gasteiger partial charge in [0.2, 0.25) is 9.46 Å². The highest BCUT2D eigenvalue weighted by Crippen LogP contribution is 2.47. The molecule has 0 saturated heterocycles. The highest BCUT2D eigenvalue weighted by molar-refractivity contribution is 8.53. The molecule has 7 nitrogen and oxygen atoms in total. The van der Waals surface area contributed by atoms with Crippen LogP contribution < -0.4 is 16.6 Å². The molecule has 21 heavy (non-hydrogen) atoms. The first-order chi connectivity index (χ1) is 9.81. The van der Waals surface area contributed by atoms with Crippen LogP contribution >= 0.6 is 6.57 Å². The molecular weight excluding hydrogens is 313 g/mol. The van der Waals surface area contributed by atoms with Crippen LogP contribution in [0.15, 0.2) is 43.1 Å². The van der Waals surface area contributed by atoms with E-state index in [4.69, 9.17) is 5.84 Å². The van der Waals surface area contributed by atoms with Gasteiger partial charge in [-0.05, 0) is 24.3 Å². The maximum atomic E-state index is 12.3. The summed E-state index contributed by atoms with van der Waals surface area (Å²) in [6.07, 6.45) is 2.17. The topological polar surface area (TPSA) is 122 Å². The number of rotatable bonds is 5. The lowest BCUT2D eigenvalue weighted by atomic mass is 10.2. The van der Waals surface area contributed by atoms with Crippen molar-refractivity contribution >= 4 is 37.9 Å². The summed E-state index contributed by atoms with van der Waals surface area (Å²) in [5.41, 5.74) is 3.56. The van der Waals surface area contributed by atoms with E-state index in [0.29, 0.717) is 16.6 Å². The molecule has 0 bridgehead atoms. The molecule has 0 aliphatic heterocycles. The summed E-state index contributed by atoms with van der Waals surface area (Å²) in [5.74, 6) is 4.71. The van der Waals surface area contributed by atoms with Gasteiger partial charge in [-0.2, -0.15) is 0 Å². The average molecular weight is 327 g/mol. The number of nitrogens with one attached hydrogen (secondary N) is 1. The molecule has 1 aromatic carbocycles. The number of benzene rings is 1. The summed E-state index contributed by atoms with van der Waals surface area (Å²) in [5, 5.41) is 0.261. The van der Waals surface area contributed by atoms with E-state index in [2.05, 4.69) is 17.0 Å². The molecule has 1 atom stereocenters. The van der Waals surface area contributed by atoms with E-state index in [-0.39, 0.29) is 5.30 Å². The van der Waals surface area contributed by atoms with Gasteiger partial charge in [0, 0.05) is 17.3 Å². The van der Waals surface area contributed by atoms with Gasteiger partial charge in [0.05, 0.1) is 16.6 Å². The lowest BCUT2D eigenvalue weighted by Crippen LogP contribution is -2.15. The van der Waals surface area contributed by atoms with Gasteiger partial charge in [-0.3, -0.25) is 15.4 Å². The molecule has 1 aromatic heterocycles. The third-order valence-corrected chi connectivity index (χ3v) is 8.52. The summed E-state index contributed by atoms with van der Waals surface area (Å²) in [6, 6.07) is 6.27. The third kappa shape index (κ3) is 2.84. The summed E-state index contributed by atoms with van der Waals surface area (Å²) in [4.78, 5) is 14.0. The Morgan fingerprint density at radius 2 is 2.14 bits per heavy atom. The number of hydrazine groups is 1. The highest BCUT2D eigenvalue weighted by Gasteiger charge is 2.37. The highest BCUT2D eigenvalue weighted by atomic mass is 32.8. The second-order valence-corrected chi connectivity index (χ2v) is 10.5. The minimum Gasteiger partial charge on any atom is -0.330 e. The molecule has 0 aliphatic carbocycles. The second kappa shape index (κ2) is 5.57. The zero-order valence-electron chi connectivity index (χ0n) is 10.9. The van der Waals surface area contributed by atoms with Crippen LogP contribution in [0.1, 0.15) is 0 Å². The van der Waals surface area contributed by atoms with Gasteiger partial charge in [-0.25, -0.2) is 8.42 Å². The Bertz CT molecular complexity index is 851. The molecule has 1 heterocycles. The second-order valence-electron chi connectivity index (χ2n) is 4.30. The molecule has 0 radical (unpaired) electrons. The fourth-order valence-electron chi connectivity index (χ4n) is 1.77. The van der Waals surface area contributed by atoms with E-state index in [0.717, 1.165) is 12.3 Å². The van der Waals surface area contributed by atoms with Gasteiger partial charge in [0.15, 0.2) is 0 Å². The van der Waals surface area contributed by atoms with Crippen molar-refractivity contribution in [3.8, 4) is 0 Å². The Balaban J connectivity index is 2.61. The maximum Gasteiger partial charge on any atom is 0.341 e. The predicted molar refractivity (Wildman–Crippen MR) is 83.0 cm³/mol. The van der Waals surface area contributed by atoms with Crippen LogP contribution in [-0.2, 0) is 14.0 Å². The first-order valence-corrected chi connectivity index (χ1v) is 9.77. The molecule has 1 unspecified atom stereocenters. The quantitative estimate of drug-likeness (QED) is 0.323. The SMILES string of the molecule is C=CCS(=O)(=O)P(=O)(O)c1cnc2ccc(NN)cc2c1. The van der Waals surface area contributed by atoms with E-state index in [1.54, 1.807) is 18.2 Å². The molecule has 0 saturated carbocycles. The number of nitrogens with two attached hydrogens (primary N) is 1. The Hall–Kier alpha value is -1.73. The zero-order chi connectivity index (χ0) is 15.7. The molecular formula is C12H14N3O4PS. The van der Waals surface area contributed by atoms with Gasteiger partial charge in [0.1, 0.15) is 0 Å². The van der Waals surface area contributed by atoms with Crippen molar-refractivity contribution in [3.05, 3.63) is 43.1 Å². The smallest absolute Gasteiger partial charge is 0.330 e. The third-order valence-electron chi connectivity index (χ3n) is 2.87. The molecule has 0 fully saturated rings. The summed E-state index contributed by atoms with van der Waals surface area (Å²) in [6.45, 7) is -1.33. The van der Waals surface area contributed by atoms with Crippen LogP contribution in [0.4, 0.5) is 5.69 Å². The molecule has 0 amide bonds. The van der Waals surface area contributed by atoms with E-state index < -0.39 is 21.8 Å². The van der Waals surface area contributed by atoms with Crippen LogP contribution in [-0.4, -0.2) is 24.0 Å². The van der Waals surface area contributed by atoms with Crippen molar-refractivity contribution in [3.63, 3.8) is 0 Å². The molecule has 4 N–H and O–H groups in total. The lowest BCUT2D eigenvalue weighted by Gasteiger charge is -2.12. The zero-order valence-corrected chi connectivity index (χ0v) is 12.6. The van der Waals surface area contributed by atoms with Crippen molar-refractivity contribution in [2.24, 2.45) is 5.84 Å². The number of pyridine rings is 1. The Morgan fingerprint density at radius 1 is 1.43 bits per heavy atom. The van der Waals surface area contributed by atoms with Gasteiger partial charge in [-0.1, -0.05) is 6.08 Å². The number of aromatic nitrogens is 1. The van der Waals surface area contributed by atoms with Crippen molar-refractivity contribution in [1.29, 1.82) is 0 Å². The first-order valence-electron chi connectivity index (χ1n) is 5.85. The van der Waals surface area contributed by atoms with Gasteiger partial charge in [0.25, 0.3) is 0 Å². The first kappa shape index (κ1) is 15.7. The predicted octanol–water partition coefficient (Wildman–Crippen LogP) is 0.932. The fraction of sp³-hybridized carbons (Fsp3) is 0.0833. The molecule has 0 spiro atoms. The van der Waals surface area contributed by atoms with Gasteiger partial charge in [-0.15, -0.1) is 6.58 Å². The number of hydrogen-bond acceptors (Lipinski definition) is 6. The summed E-state index contributed by atoms with van der Waals surface area (Å²) < 4.78 is 36.0. The molecule has 112 valence electrons. The fourth-order valence-corrected chi connectivity index (χ4v) is 5.29. The van der Waals surface area contributed by atoms with Gasteiger partial charge < -0.3 is 10.3 Å². The van der Waals surface area contributed by atoms with E-state index >= 15 is 0 Å². The summed E-state index contributed by atoms with van der Waals surface area (Å²) >= 11 is 0. The summed E-state index contributed by atoms with van der Waals surface area (Å²) in [7, 11) is -4.23. The molecule has 2 aromatic rings. The maximum absolute atomic E-state index is 12.3. The number of nitrogens with zero attached hydrogens (tertiary/aromatic N) is 1.